The van der Waals surface area contributed by atoms with Gasteiger partial charge in [0.15, 0.2) is 0 Å². The van der Waals surface area contributed by atoms with Crippen molar-refractivity contribution in [1.29, 1.82) is 0 Å². The van der Waals surface area contributed by atoms with Crippen LogP contribution in [-0.4, -0.2) is 36.1 Å². The highest BCUT2D eigenvalue weighted by Crippen LogP contribution is 2.40. The lowest BCUT2D eigenvalue weighted by Crippen LogP contribution is -2.45. The summed E-state index contributed by atoms with van der Waals surface area (Å²) in [5.41, 5.74) is 1.30. The van der Waals surface area contributed by atoms with Crippen LogP contribution in [0.2, 0.25) is 0 Å². The van der Waals surface area contributed by atoms with Crippen molar-refractivity contribution < 1.29 is 9.53 Å². The molecule has 1 N–H and O–H groups in total. The van der Waals surface area contributed by atoms with E-state index in [2.05, 4.69) is 15.3 Å². The van der Waals surface area contributed by atoms with Crippen molar-refractivity contribution in [2.24, 2.45) is 5.41 Å². The number of nitrogens with zero attached hydrogens (tertiary/aromatic N) is 2. The number of hydrogen-bond donors (Lipinski definition) is 1. The molecule has 0 unspecified atom stereocenters. The van der Waals surface area contributed by atoms with E-state index in [1.807, 2.05) is 6.92 Å². The molecular formula is C13H19N3O2. The zero-order chi connectivity index (χ0) is 13.0. The Morgan fingerprint density at radius 1 is 1.44 bits per heavy atom. The molecule has 0 aliphatic heterocycles. The van der Waals surface area contributed by atoms with Crippen molar-refractivity contribution in [1.82, 2.24) is 15.3 Å². The quantitative estimate of drug-likeness (QED) is 0.855. The van der Waals surface area contributed by atoms with Crippen LogP contribution in [0.4, 0.5) is 0 Å². The van der Waals surface area contributed by atoms with E-state index in [0.29, 0.717) is 18.8 Å². The van der Waals surface area contributed by atoms with E-state index in [1.54, 1.807) is 13.3 Å². The molecule has 0 saturated heterocycles. The van der Waals surface area contributed by atoms with Crippen molar-refractivity contribution in [3.63, 3.8) is 0 Å². The molecule has 0 bridgehead atoms. The van der Waals surface area contributed by atoms with Crippen LogP contribution in [0.1, 0.15) is 35.4 Å². The molecule has 1 aromatic heterocycles. The van der Waals surface area contributed by atoms with Crippen LogP contribution in [0, 0.1) is 12.3 Å². The van der Waals surface area contributed by atoms with Gasteiger partial charge in [0.05, 0.1) is 18.5 Å². The minimum atomic E-state index is -0.162. The first-order valence-corrected chi connectivity index (χ1v) is 6.21. The maximum Gasteiger partial charge on any atom is 0.271 e. The standard InChI is InChI=1S/C13H19N3O2/c1-10-6-15-11(7-14-10)12(17)16-8-13(9-18-2)4-3-5-13/h6-7H,3-5,8-9H2,1-2H3,(H,16,17). The molecule has 1 aromatic rings. The van der Waals surface area contributed by atoms with Crippen molar-refractivity contribution >= 4 is 5.91 Å². The number of aromatic nitrogens is 2. The highest BCUT2D eigenvalue weighted by molar-refractivity contribution is 5.91. The van der Waals surface area contributed by atoms with E-state index in [4.69, 9.17) is 4.74 Å². The Kier molecular flexibility index (Phi) is 3.91. The number of hydrogen-bond acceptors (Lipinski definition) is 4. The van der Waals surface area contributed by atoms with Crippen LogP contribution in [0.15, 0.2) is 12.4 Å². The summed E-state index contributed by atoms with van der Waals surface area (Å²) in [5.74, 6) is -0.162. The summed E-state index contributed by atoms with van der Waals surface area (Å²) in [6, 6.07) is 0. The maximum atomic E-state index is 11.9. The van der Waals surface area contributed by atoms with Gasteiger partial charge in [-0.25, -0.2) is 4.98 Å². The van der Waals surface area contributed by atoms with Gasteiger partial charge in [0.2, 0.25) is 0 Å². The Labute approximate surface area is 107 Å². The summed E-state index contributed by atoms with van der Waals surface area (Å²) in [4.78, 5) is 20.0. The highest BCUT2D eigenvalue weighted by Gasteiger charge is 2.37. The second-order valence-corrected chi connectivity index (χ2v) is 5.01. The summed E-state index contributed by atoms with van der Waals surface area (Å²) in [6.07, 6.45) is 6.54. The molecular weight excluding hydrogens is 230 g/mol. The van der Waals surface area contributed by atoms with E-state index >= 15 is 0 Å². The number of nitrogens with one attached hydrogen (secondary N) is 1. The largest absolute Gasteiger partial charge is 0.384 e. The van der Waals surface area contributed by atoms with Crippen molar-refractivity contribution in [3.05, 3.63) is 23.8 Å². The smallest absolute Gasteiger partial charge is 0.271 e. The minimum Gasteiger partial charge on any atom is -0.384 e. The fourth-order valence-corrected chi connectivity index (χ4v) is 2.22. The van der Waals surface area contributed by atoms with Crippen molar-refractivity contribution in [2.45, 2.75) is 26.2 Å². The summed E-state index contributed by atoms with van der Waals surface area (Å²) < 4.78 is 5.22. The number of aryl methyl sites for hydroxylation is 1. The molecule has 1 aliphatic carbocycles. The summed E-state index contributed by atoms with van der Waals surface area (Å²) in [6.45, 7) is 3.19. The molecule has 98 valence electrons. The SMILES string of the molecule is COCC1(CNC(=O)c2cnc(C)cn2)CCC1. The first-order valence-electron chi connectivity index (χ1n) is 6.21. The predicted octanol–water partition coefficient (Wildman–Crippen LogP) is 1.33. The monoisotopic (exact) mass is 249 g/mol. The Morgan fingerprint density at radius 2 is 2.22 bits per heavy atom. The van der Waals surface area contributed by atoms with Crippen LogP contribution in [0.25, 0.3) is 0 Å². The van der Waals surface area contributed by atoms with Gasteiger partial charge in [-0.15, -0.1) is 0 Å². The third-order valence-electron chi connectivity index (χ3n) is 3.50. The molecule has 1 saturated carbocycles. The molecule has 0 radical (unpaired) electrons. The van der Waals surface area contributed by atoms with Crippen LogP contribution in [0.3, 0.4) is 0 Å². The number of rotatable bonds is 5. The summed E-state index contributed by atoms with van der Waals surface area (Å²) >= 11 is 0. The minimum absolute atomic E-state index is 0.128. The molecule has 0 spiro atoms. The molecule has 5 heteroatoms. The van der Waals surface area contributed by atoms with E-state index in [1.165, 1.54) is 12.6 Å². The number of methoxy groups -OCH3 is 1. The van der Waals surface area contributed by atoms with E-state index in [0.717, 1.165) is 18.5 Å². The molecule has 2 rings (SSSR count). The van der Waals surface area contributed by atoms with Gasteiger partial charge in [-0.3, -0.25) is 9.78 Å². The molecule has 1 amide bonds. The van der Waals surface area contributed by atoms with Crippen molar-refractivity contribution in [2.75, 3.05) is 20.3 Å². The fraction of sp³-hybridized carbons (Fsp3) is 0.615. The van der Waals surface area contributed by atoms with Crippen LogP contribution < -0.4 is 5.32 Å². The highest BCUT2D eigenvalue weighted by atomic mass is 16.5. The lowest BCUT2D eigenvalue weighted by molar-refractivity contribution is 0.0179. The van der Waals surface area contributed by atoms with E-state index < -0.39 is 0 Å². The van der Waals surface area contributed by atoms with Crippen LogP contribution in [0.5, 0.6) is 0 Å². The van der Waals surface area contributed by atoms with Gasteiger partial charge < -0.3 is 10.1 Å². The van der Waals surface area contributed by atoms with Gasteiger partial charge in [-0.2, -0.15) is 0 Å². The van der Waals surface area contributed by atoms with E-state index in [9.17, 15) is 4.79 Å². The molecule has 5 nitrogen and oxygen atoms in total. The number of ether oxygens (including phenoxy) is 1. The molecule has 1 heterocycles. The predicted molar refractivity (Wildman–Crippen MR) is 67.3 cm³/mol. The van der Waals surface area contributed by atoms with Crippen molar-refractivity contribution in [3.8, 4) is 0 Å². The average Bonchev–Trinajstić information content (AvgIpc) is 2.33. The second-order valence-electron chi connectivity index (χ2n) is 5.01. The third kappa shape index (κ3) is 2.85. The lowest BCUT2D eigenvalue weighted by Gasteiger charge is -2.41. The van der Waals surface area contributed by atoms with Gasteiger partial charge in [0.1, 0.15) is 5.69 Å². The Balaban J connectivity index is 1.89. The van der Waals surface area contributed by atoms with Crippen LogP contribution >= 0.6 is 0 Å². The molecule has 1 fully saturated rings. The number of carbonyl (C=O) groups excluding carboxylic acids is 1. The number of carbonyl (C=O) groups is 1. The molecule has 1 aliphatic rings. The van der Waals surface area contributed by atoms with Crippen LogP contribution in [-0.2, 0) is 4.74 Å². The maximum absolute atomic E-state index is 11.9. The Bertz CT molecular complexity index is 413. The zero-order valence-electron chi connectivity index (χ0n) is 10.9. The third-order valence-corrected chi connectivity index (χ3v) is 3.50. The summed E-state index contributed by atoms with van der Waals surface area (Å²) in [7, 11) is 1.70. The molecule has 18 heavy (non-hydrogen) atoms. The second kappa shape index (κ2) is 5.44. The number of amides is 1. The first kappa shape index (κ1) is 13.0. The van der Waals surface area contributed by atoms with Gasteiger partial charge in [0, 0.05) is 25.3 Å². The molecule has 0 atom stereocenters. The zero-order valence-corrected chi connectivity index (χ0v) is 10.9. The van der Waals surface area contributed by atoms with Gasteiger partial charge in [-0.1, -0.05) is 6.42 Å². The average molecular weight is 249 g/mol. The lowest BCUT2D eigenvalue weighted by atomic mass is 9.69. The Hall–Kier alpha value is -1.49. The Morgan fingerprint density at radius 3 is 2.72 bits per heavy atom. The van der Waals surface area contributed by atoms with Gasteiger partial charge in [0.25, 0.3) is 5.91 Å². The van der Waals surface area contributed by atoms with E-state index in [-0.39, 0.29) is 11.3 Å². The topological polar surface area (TPSA) is 64.1 Å². The first-order chi connectivity index (χ1) is 8.65. The van der Waals surface area contributed by atoms with Gasteiger partial charge in [-0.05, 0) is 19.8 Å². The fourth-order valence-electron chi connectivity index (χ4n) is 2.22. The summed E-state index contributed by atoms with van der Waals surface area (Å²) in [5, 5.41) is 2.92. The normalized spacial score (nSPS) is 17.0. The molecule has 0 aromatic carbocycles. The van der Waals surface area contributed by atoms with Gasteiger partial charge >= 0.3 is 0 Å².